The van der Waals surface area contributed by atoms with Gasteiger partial charge in [-0.2, -0.15) is 0 Å². The van der Waals surface area contributed by atoms with E-state index in [1.165, 1.54) is 11.8 Å². The van der Waals surface area contributed by atoms with Crippen LogP contribution in [0.5, 0.6) is 0 Å². The molecule has 2 aliphatic heterocycles. The van der Waals surface area contributed by atoms with Crippen LogP contribution in [0.3, 0.4) is 0 Å². The van der Waals surface area contributed by atoms with Gasteiger partial charge in [0.25, 0.3) is 0 Å². The van der Waals surface area contributed by atoms with E-state index < -0.39 is 0 Å². The molecule has 214 valence electrons. The van der Waals surface area contributed by atoms with Crippen LogP contribution < -0.4 is 15.1 Å². The van der Waals surface area contributed by atoms with Gasteiger partial charge in [-0.1, -0.05) is 85.5 Å². The van der Waals surface area contributed by atoms with Gasteiger partial charge in [-0.05, 0) is 61.0 Å². The van der Waals surface area contributed by atoms with E-state index in [0.717, 1.165) is 36.6 Å². The molecule has 4 aromatic carbocycles. The maximum atomic E-state index is 14.2. The van der Waals surface area contributed by atoms with Crippen LogP contribution in [0.4, 0.5) is 27.5 Å². The topological polar surface area (TPSA) is 52.7 Å². The van der Waals surface area contributed by atoms with Crippen LogP contribution in [0.25, 0.3) is 0 Å². The molecule has 4 aromatic rings. The molecule has 2 heterocycles. The zero-order chi connectivity index (χ0) is 29.3. The van der Waals surface area contributed by atoms with Crippen molar-refractivity contribution in [2.45, 2.75) is 49.5 Å². The molecule has 3 aliphatic rings. The average molecular weight is 620 g/mol. The van der Waals surface area contributed by atoms with Gasteiger partial charge in [0, 0.05) is 25.3 Å². The number of carbonyl (C=O) groups is 2. The smallest absolute Gasteiger partial charge is 0.307 e. The summed E-state index contributed by atoms with van der Waals surface area (Å²) < 4.78 is 0. The normalized spacial score (nSPS) is 18.6. The molecule has 0 saturated heterocycles. The van der Waals surface area contributed by atoms with Crippen molar-refractivity contribution in [2.75, 3.05) is 15.1 Å². The quantitative estimate of drug-likeness (QED) is 0.226. The molecule has 0 fully saturated rings. The minimum atomic E-state index is -0.305. The molecule has 1 aliphatic carbocycles. The summed E-state index contributed by atoms with van der Waals surface area (Å²) in [6, 6.07) is 31.8. The second-order valence-electron chi connectivity index (χ2n) is 10.4. The number of urea groups is 1. The first-order chi connectivity index (χ1) is 21.1. The van der Waals surface area contributed by atoms with Gasteiger partial charge in [0.1, 0.15) is 0 Å². The van der Waals surface area contributed by atoms with Gasteiger partial charge in [-0.25, -0.2) is 4.79 Å². The van der Waals surface area contributed by atoms with Crippen LogP contribution in [0.1, 0.15) is 13.3 Å². The van der Waals surface area contributed by atoms with Crippen molar-refractivity contribution in [1.82, 2.24) is 0 Å². The van der Waals surface area contributed by atoms with E-state index in [1.807, 2.05) is 108 Å². The number of anilines is 4. The number of thioether (sulfide) groups is 2. The maximum absolute atomic E-state index is 14.2. The summed E-state index contributed by atoms with van der Waals surface area (Å²) in [4.78, 5) is 35.9. The number of para-hydroxylation sites is 3. The molecule has 0 spiro atoms. The summed E-state index contributed by atoms with van der Waals surface area (Å²) in [6.45, 7) is 2.05. The fraction of sp³-hybridized carbons (Fsp3) is 0.143. The van der Waals surface area contributed by atoms with E-state index in [9.17, 15) is 9.59 Å². The summed E-state index contributed by atoms with van der Waals surface area (Å²) in [5.74, 6) is 0.0488. The molecule has 1 N–H and O–H groups in total. The lowest BCUT2D eigenvalue weighted by atomic mass is 10.1. The Morgan fingerprint density at radius 3 is 2.19 bits per heavy atom. The molecule has 0 radical (unpaired) electrons. The lowest BCUT2D eigenvalue weighted by Gasteiger charge is -2.40. The van der Waals surface area contributed by atoms with E-state index in [0.29, 0.717) is 12.1 Å². The molecule has 0 saturated carbocycles. The highest BCUT2D eigenvalue weighted by Gasteiger charge is 2.37. The number of nitrogens with one attached hydrogen (secondary N) is 1. The fourth-order valence-corrected chi connectivity index (χ4v) is 8.98. The van der Waals surface area contributed by atoms with Gasteiger partial charge < -0.3 is 5.32 Å². The minimum absolute atomic E-state index is 0.0488. The SMILES string of the molecule is CCC(Sc1cccc(NC(=O)N2c3ccccc3SC3C=CC=CC32)c1)C(=O)N1c2ccccc2Sc2ccccc21. The van der Waals surface area contributed by atoms with Gasteiger partial charge in [0.2, 0.25) is 5.91 Å². The standard InChI is InChI=1S/C35H29N3O2S3/c1-2-29(34(39)37-25-14-3-7-18-30(25)42-31-19-8-4-15-26(31)37)41-24-13-11-12-23(22-24)36-35(40)38-27-16-5-9-20-32(27)43-33-21-10-6-17-28(33)38/h3-22,27,29,32H,2H2,1H3,(H,36,40). The number of allylic oxidation sites excluding steroid dienone is 2. The van der Waals surface area contributed by atoms with Crippen LogP contribution >= 0.6 is 35.3 Å². The number of hydrogen-bond acceptors (Lipinski definition) is 5. The van der Waals surface area contributed by atoms with Crippen molar-refractivity contribution >= 4 is 70.0 Å². The molecule has 5 nitrogen and oxygen atoms in total. The minimum Gasteiger partial charge on any atom is -0.307 e. The highest BCUT2D eigenvalue weighted by atomic mass is 32.2. The van der Waals surface area contributed by atoms with Crippen LogP contribution in [-0.2, 0) is 4.79 Å². The average Bonchev–Trinajstić information content (AvgIpc) is 3.04. The Morgan fingerprint density at radius 1 is 0.814 bits per heavy atom. The first-order valence-electron chi connectivity index (χ1n) is 14.3. The van der Waals surface area contributed by atoms with Crippen molar-refractivity contribution in [2.24, 2.45) is 0 Å². The fourth-order valence-electron chi connectivity index (χ4n) is 5.61. The third kappa shape index (κ3) is 5.39. The van der Waals surface area contributed by atoms with Crippen molar-refractivity contribution in [3.05, 3.63) is 121 Å². The molecule has 0 aromatic heterocycles. The van der Waals surface area contributed by atoms with E-state index in [4.69, 9.17) is 0 Å². The lowest BCUT2D eigenvalue weighted by molar-refractivity contribution is -0.117. The summed E-state index contributed by atoms with van der Waals surface area (Å²) in [5, 5.41) is 3.00. The zero-order valence-electron chi connectivity index (χ0n) is 23.4. The molecule has 3 unspecified atom stereocenters. The van der Waals surface area contributed by atoms with Crippen molar-refractivity contribution in [3.63, 3.8) is 0 Å². The van der Waals surface area contributed by atoms with E-state index in [-0.39, 0.29) is 28.5 Å². The Bertz CT molecular complexity index is 1730. The predicted molar refractivity (Wildman–Crippen MR) is 180 cm³/mol. The molecule has 8 heteroatoms. The number of carbonyl (C=O) groups excluding carboxylic acids is 2. The second kappa shape index (κ2) is 12.0. The first-order valence-corrected chi connectivity index (χ1v) is 16.9. The van der Waals surface area contributed by atoms with E-state index >= 15 is 0 Å². The Labute approximate surface area is 264 Å². The van der Waals surface area contributed by atoms with Crippen molar-refractivity contribution in [3.8, 4) is 0 Å². The third-order valence-electron chi connectivity index (χ3n) is 7.62. The maximum Gasteiger partial charge on any atom is 0.326 e. The summed E-state index contributed by atoms with van der Waals surface area (Å²) in [5.41, 5.74) is 3.45. The van der Waals surface area contributed by atoms with Gasteiger partial charge >= 0.3 is 6.03 Å². The molecule has 7 rings (SSSR count). The van der Waals surface area contributed by atoms with Gasteiger partial charge in [0.05, 0.1) is 33.6 Å². The molecule has 3 atom stereocenters. The third-order valence-corrected chi connectivity index (χ3v) is 11.4. The number of nitrogens with zero attached hydrogens (tertiary/aromatic N) is 2. The van der Waals surface area contributed by atoms with Crippen LogP contribution in [-0.4, -0.2) is 28.5 Å². The number of fused-ring (bicyclic) bond motifs is 4. The second-order valence-corrected chi connectivity index (χ2v) is 13.9. The largest absolute Gasteiger partial charge is 0.326 e. The highest BCUT2D eigenvalue weighted by Crippen LogP contribution is 2.49. The Hall–Kier alpha value is -3.85. The van der Waals surface area contributed by atoms with Gasteiger partial charge in [-0.15, -0.1) is 23.5 Å². The number of rotatable bonds is 5. The monoisotopic (exact) mass is 619 g/mol. The molecular weight excluding hydrogens is 591 g/mol. The van der Waals surface area contributed by atoms with Crippen molar-refractivity contribution < 1.29 is 9.59 Å². The summed E-state index contributed by atoms with van der Waals surface area (Å²) in [7, 11) is 0. The Kier molecular flexibility index (Phi) is 7.82. The molecule has 0 bridgehead atoms. The van der Waals surface area contributed by atoms with Crippen molar-refractivity contribution in [1.29, 1.82) is 0 Å². The van der Waals surface area contributed by atoms with Gasteiger partial charge in [0.15, 0.2) is 0 Å². The summed E-state index contributed by atoms with van der Waals surface area (Å²) in [6.07, 6.45) is 8.96. The number of hydrogen-bond donors (Lipinski definition) is 1. The Morgan fingerprint density at radius 2 is 1.47 bits per heavy atom. The van der Waals surface area contributed by atoms with E-state index in [1.54, 1.807) is 23.5 Å². The number of benzene rings is 4. The van der Waals surface area contributed by atoms with Crippen LogP contribution in [0, 0.1) is 0 Å². The van der Waals surface area contributed by atoms with Crippen LogP contribution in [0.15, 0.2) is 141 Å². The lowest BCUT2D eigenvalue weighted by Crippen LogP contribution is -2.49. The Balaban J connectivity index is 1.13. The molecular formula is C35H29N3O2S3. The number of amides is 3. The predicted octanol–water partition coefficient (Wildman–Crippen LogP) is 9.39. The van der Waals surface area contributed by atoms with Crippen LogP contribution in [0.2, 0.25) is 0 Å². The first kappa shape index (κ1) is 28.0. The zero-order valence-corrected chi connectivity index (χ0v) is 25.9. The van der Waals surface area contributed by atoms with Gasteiger partial charge in [-0.3, -0.25) is 14.6 Å². The molecule has 43 heavy (non-hydrogen) atoms. The van der Waals surface area contributed by atoms with E-state index in [2.05, 4.69) is 35.7 Å². The summed E-state index contributed by atoms with van der Waals surface area (Å²) >= 11 is 5.02. The highest BCUT2D eigenvalue weighted by molar-refractivity contribution is 8.01. The molecule has 3 amide bonds.